The lowest BCUT2D eigenvalue weighted by Crippen LogP contribution is -2.36. The minimum Gasteiger partial charge on any atom is -0.493 e. The third-order valence-electron chi connectivity index (χ3n) is 3.62. The molecular weight excluding hydrogens is 407 g/mol. The van der Waals surface area contributed by atoms with Crippen molar-refractivity contribution in [2.24, 2.45) is 10.7 Å². The molecule has 0 heterocycles. The molecule has 6 nitrogen and oxygen atoms in total. The Morgan fingerprint density at radius 1 is 1.22 bits per heavy atom. The van der Waals surface area contributed by atoms with Gasteiger partial charge in [0.25, 0.3) is 0 Å². The molecule has 23 heavy (non-hydrogen) atoms. The number of methoxy groups -OCH3 is 2. The average molecular weight is 436 g/mol. The second-order valence-corrected chi connectivity index (χ2v) is 4.99. The number of aliphatic imine (C=N–C) groups is 1. The predicted octanol–water partition coefficient (Wildman–Crippen LogP) is 2.78. The predicted molar refractivity (Wildman–Crippen MR) is 107 cm³/mol. The Kier molecular flexibility index (Phi) is 10.7. The normalized spacial score (nSPS) is 12.5. The van der Waals surface area contributed by atoms with Crippen LogP contribution in [-0.4, -0.2) is 50.8 Å². The molecule has 3 N–H and O–H groups in total. The summed E-state index contributed by atoms with van der Waals surface area (Å²) in [6.07, 6.45) is 0. The molecule has 0 saturated heterocycles. The number of nitrogens with two attached hydrogens (primary N) is 1. The maximum atomic E-state index is 5.95. The van der Waals surface area contributed by atoms with Gasteiger partial charge in [-0.15, -0.1) is 24.0 Å². The van der Waals surface area contributed by atoms with E-state index in [1.54, 1.807) is 14.2 Å². The molecule has 1 aromatic rings. The van der Waals surface area contributed by atoms with E-state index in [0.29, 0.717) is 30.0 Å². The van der Waals surface area contributed by atoms with Crippen molar-refractivity contribution in [2.45, 2.75) is 26.8 Å². The van der Waals surface area contributed by atoms with Crippen molar-refractivity contribution in [1.82, 2.24) is 4.90 Å². The fourth-order valence-electron chi connectivity index (χ4n) is 2.29. The standard InChI is InChI=1S/C16H28N4O2.HI/c1-6-20(7-2)12(3)11-18-16(17)19-13-8-9-14(21-4)15(10-13)22-5;/h8-10,12H,6-7,11H2,1-5H3,(H3,17,18,19);1H. The minimum atomic E-state index is 0. The van der Waals surface area contributed by atoms with Crippen molar-refractivity contribution in [2.75, 3.05) is 39.2 Å². The first-order chi connectivity index (χ1) is 10.5. The summed E-state index contributed by atoms with van der Waals surface area (Å²) >= 11 is 0. The van der Waals surface area contributed by atoms with Crippen LogP contribution in [0.4, 0.5) is 5.69 Å². The lowest BCUT2D eigenvalue weighted by atomic mass is 10.2. The molecule has 0 aromatic heterocycles. The monoisotopic (exact) mass is 436 g/mol. The zero-order valence-electron chi connectivity index (χ0n) is 14.6. The van der Waals surface area contributed by atoms with Crippen LogP contribution >= 0.6 is 24.0 Å². The van der Waals surface area contributed by atoms with Gasteiger partial charge in [-0.2, -0.15) is 0 Å². The van der Waals surface area contributed by atoms with Crippen molar-refractivity contribution in [3.8, 4) is 11.5 Å². The summed E-state index contributed by atoms with van der Waals surface area (Å²) in [7, 11) is 3.21. The number of likely N-dealkylation sites (N-methyl/N-ethyl adjacent to an activating group) is 1. The van der Waals surface area contributed by atoms with Crippen LogP contribution in [-0.2, 0) is 0 Å². The summed E-state index contributed by atoms with van der Waals surface area (Å²) in [6.45, 7) is 9.13. The van der Waals surface area contributed by atoms with Gasteiger partial charge in [0, 0.05) is 17.8 Å². The van der Waals surface area contributed by atoms with Crippen molar-refractivity contribution in [3.63, 3.8) is 0 Å². The summed E-state index contributed by atoms with van der Waals surface area (Å²) in [4.78, 5) is 6.74. The minimum absolute atomic E-state index is 0. The van der Waals surface area contributed by atoms with Crippen LogP contribution in [0.5, 0.6) is 11.5 Å². The Morgan fingerprint density at radius 3 is 2.35 bits per heavy atom. The van der Waals surface area contributed by atoms with Gasteiger partial charge in [-0.25, -0.2) is 0 Å². The lowest BCUT2D eigenvalue weighted by molar-refractivity contribution is 0.237. The van der Waals surface area contributed by atoms with E-state index in [1.807, 2.05) is 18.2 Å². The summed E-state index contributed by atoms with van der Waals surface area (Å²) in [6, 6.07) is 5.89. The zero-order chi connectivity index (χ0) is 16.5. The molecule has 1 rings (SSSR count). The molecule has 1 atom stereocenters. The van der Waals surface area contributed by atoms with Crippen molar-refractivity contribution in [1.29, 1.82) is 0 Å². The first kappa shape index (κ1) is 21.8. The Balaban J connectivity index is 0.00000484. The summed E-state index contributed by atoms with van der Waals surface area (Å²) in [5.74, 6) is 1.72. The Morgan fingerprint density at radius 2 is 1.83 bits per heavy atom. The third-order valence-corrected chi connectivity index (χ3v) is 3.62. The van der Waals surface area contributed by atoms with Gasteiger partial charge in [0.15, 0.2) is 17.5 Å². The van der Waals surface area contributed by atoms with E-state index in [4.69, 9.17) is 15.2 Å². The van der Waals surface area contributed by atoms with E-state index < -0.39 is 0 Å². The summed E-state index contributed by atoms with van der Waals surface area (Å²) < 4.78 is 10.5. The highest BCUT2D eigenvalue weighted by Gasteiger charge is 2.09. The highest BCUT2D eigenvalue weighted by Crippen LogP contribution is 2.29. The van der Waals surface area contributed by atoms with Crippen molar-refractivity contribution >= 4 is 35.6 Å². The van der Waals surface area contributed by atoms with Crippen molar-refractivity contribution in [3.05, 3.63) is 18.2 Å². The maximum Gasteiger partial charge on any atom is 0.193 e. The number of rotatable bonds is 8. The van der Waals surface area contributed by atoms with Gasteiger partial charge in [0.1, 0.15) is 0 Å². The number of halogens is 1. The number of nitrogens with zero attached hydrogens (tertiary/aromatic N) is 2. The molecule has 1 aromatic carbocycles. The molecule has 0 aliphatic heterocycles. The van der Waals surface area contributed by atoms with Gasteiger partial charge in [-0.1, -0.05) is 13.8 Å². The highest BCUT2D eigenvalue weighted by atomic mass is 127. The molecule has 0 amide bonds. The van der Waals surface area contributed by atoms with Crippen LogP contribution in [0.3, 0.4) is 0 Å². The maximum absolute atomic E-state index is 5.95. The number of hydrogen-bond acceptors (Lipinski definition) is 4. The van der Waals surface area contributed by atoms with E-state index in [0.717, 1.165) is 18.8 Å². The van der Waals surface area contributed by atoms with Crippen LogP contribution < -0.4 is 20.5 Å². The van der Waals surface area contributed by atoms with E-state index in [9.17, 15) is 0 Å². The number of guanidine groups is 1. The van der Waals surface area contributed by atoms with E-state index in [1.165, 1.54) is 0 Å². The number of hydrogen-bond donors (Lipinski definition) is 2. The third kappa shape index (κ3) is 6.82. The number of nitrogens with one attached hydrogen (secondary N) is 1. The quantitative estimate of drug-likeness (QED) is 0.373. The van der Waals surface area contributed by atoms with E-state index in [2.05, 4.69) is 36.0 Å². The first-order valence-electron chi connectivity index (χ1n) is 7.58. The average Bonchev–Trinajstić information content (AvgIpc) is 2.53. The molecule has 0 saturated carbocycles. The van der Waals surface area contributed by atoms with Crippen LogP contribution in [0.15, 0.2) is 23.2 Å². The number of ether oxygens (including phenoxy) is 2. The van der Waals surface area contributed by atoms with Gasteiger partial charge in [-0.3, -0.25) is 9.89 Å². The second kappa shape index (κ2) is 11.3. The fraction of sp³-hybridized carbons (Fsp3) is 0.562. The van der Waals surface area contributed by atoms with Gasteiger partial charge in [0.05, 0.1) is 20.8 Å². The molecule has 0 spiro atoms. The van der Waals surface area contributed by atoms with E-state index in [-0.39, 0.29) is 24.0 Å². The Hall–Kier alpha value is -1.22. The molecule has 0 bridgehead atoms. The molecule has 0 fully saturated rings. The molecule has 132 valence electrons. The SMILES string of the molecule is CCN(CC)C(C)CN=C(N)Nc1ccc(OC)c(OC)c1.I. The van der Waals surface area contributed by atoms with Crippen molar-refractivity contribution < 1.29 is 9.47 Å². The van der Waals surface area contributed by atoms with Gasteiger partial charge < -0.3 is 20.5 Å². The first-order valence-corrected chi connectivity index (χ1v) is 7.58. The summed E-state index contributed by atoms with van der Waals surface area (Å²) in [5.41, 5.74) is 6.76. The van der Waals surface area contributed by atoms with Crippen LogP contribution in [0.1, 0.15) is 20.8 Å². The second-order valence-electron chi connectivity index (χ2n) is 4.99. The topological polar surface area (TPSA) is 72.1 Å². The van der Waals surface area contributed by atoms with Gasteiger partial charge in [-0.05, 0) is 32.1 Å². The molecule has 0 aliphatic rings. The smallest absolute Gasteiger partial charge is 0.193 e. The van der Waals surface area contributed by atoms with E-state index >= 15 is 0 Å². The van der Waals surface area contributed by atoms with Crippen LogP contribution in [0.2, 0.25) is 0 Å². The lowest BCUT2D eigenvalue weighted by Gasteiger charge is -2.24. The molecule has 7 heteroatoms. The molecule has 1 unspecified atom stereocenters. The number of benzene rings is 1. The largest absolute Gasteiger partial charge is 0.493 e. The Bertz CT molecular complexity index is 493. The number of anilines is 1. The summed E-state index contributed by atoms with van der Waals surface area (Å²) in [5, 5.41) is 3.07. The van der Waals surface area contributed by atoms with Crippen LogP contribution in [0.25, 0.3) is 0 Å². The highest BCUT2D eigenvalue weighted by molar-refractivity contribution is 14.0. The molecule has 0 radical (unpaired) electrons. The Labute approximate surface area is 156 Å². The van der Waals surface area contributed by atoms with Crippen LogP contribution in [0, 0.1) is 0 Å². The molecule has 0 aliphatic carbocycles. The zero-order valence-corrected chi connectivity index (χ0v) is 17.0. The van der Waals surface area contributed by atoms with Gasteiger partial charge >= 0.3 is 0 Å². The fourth-order valence-corrected chi connectivity index (χ4v) is 2.29. The molecular formula is C16H29IN4O2. The van der Waals surface area contributed by atoms with Gasteiger partial charge in [0.2, 0.25) is 0 Å².